The maximum Gasteiger partial charge on any atom is 0.331 e. The summed E-state index contributed by atoms with van der Waals surface area (Å²) in [7, 11) is 0. The van der Waals surface area contributed by atoms with Crippen LogP contribution in [0.1, 0.15) is 37.0 Å². The summed E-state index contributed by atoms with van der Waals surface area (Å²) in [5.74, 6) is -2.19. The molecule has 0 spiro atoms. The summed E-state index contributed by atoms with van der Waals surface area (Å²) in [6.45, 7) is 3.79. The summed E-state index contributed by atoms with van der Waals surface area (Å²) in [4.78, 5) is 23.2. The van der Waals surface area contributed by atoms with Crippen LogP contribution in [0.5, 0.6) is 11.5 Å². The molecule has 112 valence electrons. The normalized spacial score (nSPS) is 11.0. The summed E-state index contributed by atoms with van der Waals surface area (Å²) in [6, 6.07) is 3.55. The Morgan fingerprint density at radius 2 is 1.81 bits per heavy atom. The van der Waals surface area contributed by atoms with Crippen LogP contribution >= 0.6 is 0 Å². The van der Waals surface area contributed by atoms with Gasteiger partial charge in [-0.25, -0.2) is 4.79 Å². The lowest BCUT2D eigenvalue weighted by atomic mass is 10.0. The number of rotatable bonds is 6. The van der Waals surface area contributed by atoms with Crippen LogP contribution in [-0.2, 0) is 4.79 Å². The first-order valence-electron chi connectivity index (χ1n) is 6.42. The number of aromatic hydroxyl groups is 2. The lowest BCUT2D eigenvalue weighted by molar-refractivity contribution is -0.132. The minimum Gasteiger partial charge on any atom is -0.508 e. The fourth-order valence-corrected chi connectivity index (χ4v) is 1.69. The van der Waals surface area contributed by atoms with E-state index in [1.165, 1.54) is 18.2 Å². The number of carbonyl (C=O) groups excluding carboxylic acids is 1. The first-order chi connectivity index (χ1) is 9.81. The summed E-state index contributed by atoms with van der Waals surface area (Å²) in [6.07, 6.45) is 3.39. The van der Waals surface area contributed by atoms with Gasteiger partial charge in [0.2, 0.25) is 0 Å². The second kappa shape index (κ2) is 7.28. The third-order valence-electron chi connectivity index (χ3n) is 2.80. The number of hydrogen-bond donors (Lipinski definition) is 3. The van der Waals surface area contributed by atoms with E-state index in [2.05, 4.69) is 0 Å². The zero-order valence-electron chi connectivity index (χ0n) is 12.0. The quantitative estimate of drug-likeness (QED) is 0.324. The number of phenols is 2. The Balaban J connectivity index is 2.94. The standard InChI is InChI=1S/C16H18O5/c1-10(2)4-3-5-11(16(20)21)8-15(19)13-9-12(17)6-7-14(13)18/h4-7,9,17-18H,3,8H2,1-2H3,(H,20,21)/b11-5-. The highest BCUT2D eigenvalue weighted by molar-refractivity contribution is 6.04. The van der Waals surface area contributed by atoms with Crippen LogP contribution in [0.3, 0.4) is 0 Å². The maximum atomic E-state index is 12.0. The van der Waals surface area contributed by atoms with Crippen molar-refractivity contribution in [3.8, 4) is 11.5 Å². The van der Waals surface area contributed by atoms with Crippen molar-refractivity contribution in [3.63, 3.8) is 0 Å². The first kappa shape index (κ1) is 16.5. The Hall–Kier alpha value is -2.56. The van der Waals surface area contributed by atoms with Crippen molar-refractivity contribution in [1.82, 2.24) is 0 Å². The zero-order valence-corrected chi connectivity index (χ0v) is 12.0. The predicted molar refractivity (Wildman–Crippen MR) is 78.5 cm³/mol. The number of carbonyl (C=O) groups is 2. The molecule has 0 aliphatic carbocycles. The monoisotopic (exact) mass is 290 g/mol. The Kier molecular flexibility index (Phi) is 5.72. The van der Waals surface area contributed by atoms with Gasteiger partial charge in [-0.15, -0.1) is 0 Å². The number of ketones is 1. The molecule has 0 bridgehead atoms. The molecule has 1 aromatic carbocycles. The number of hydrogen-bond acceptors (Lipinski definition) is 4. The molecule has 0 saturated heterocycles. The molecule has 0 radical (unpaired) electrons. The van der Waals surface area contributed by atoms with Crippen molar-refractivity contribution < 1.29 is 24.9 Å². The maximum absolute atomic E-state index is 12.0. The highest BCUT2D eigenvalue weighted by Crippen LogP contribution is 2.24. The molecule has 5 heteroatoms. The largest absolute Gasteiger partial charge is 0.508 e. The molecule has 5 nitrogen and oxygen atoms in total. The van der Waals surface area contributed by atoms with E-state index in [9.17, 15) is 19.8 Å². The second-order valence-corrected chi connectivity index (χ2v) is 4.85. The van der Waals surface area contributed by atoms with Gasteiger partial charge in [0.1, 0.15) is 11.5 Å². The van der Waals surface area contributed by atoms with E-state index < -0.39 is 11.8 Å². The van der Waals surface area contributed by atoms with Gasteiger partial charge in [-0.3, -0.25) is 4.79 Å². The number of Topliss-reactive ketones (excluding diaryl/α,β-unsaturated/α-hetero) is 1. The van der Waals surface area contributed by atoms with Crippen LogP contribution in [-0.4, -0.2) is 27.1 Å². The number of carboxylic acids is 1. The van der Waals surface area contributed by atoms with Gasteiger partial charge in [-0.1, -0.05) is 17.7 Å². The van der Waals surface area contributed by atoms with Crippen molar-refractivity contribution in [2.75, 3.05) is 0 Å². The molecule has 0 aromatic heterocycles. The highest BCUT2D eigenvalue weighted by Gasteiger charge is 2.17. The van der Waals surface area contributed by atoms with Crippen molar-refractivity contribution in [3.05, 3.63) is 47.1 Å². The van der Waals surface area contributed by atoms with Gasteiger partial charge < -0.3 is 15.3 Å². The number of phenolic OH excluding ortho intramolecular Hbond substituents is 2. The third-order valence-corrected chi connectivity index (χ3v) is 2.80. The van der Waals surface area contributed by atoms with Crippen LogP contribution in [0.15, 0.2) is 41.5 Å². The van der Waals surface area contributed by atoms with Crippen LogP contribution in [0, 0.1) is 0 Å². The molecule has 0 unspecified atom stereocenters. The SMILES string of the molecule is CC(C)=CC/C=C(/CC(=O)c1cc(O)ccc1O)C(=O)O. The van der Waals surface area contributed by atoms with Crippen LogP contribution in [0.4, 0.5) is 0 Å². The van der Waals surface area contributed by atoms with Gasteiger partial charge >= 0.3 is 5.97 Å². The smallest absolute Gasteiger partial charge is 0.331 e. The van der Waals surface area contributed by atoms with E-state index in [0.717, 1.165) is 11.6 Å². The van der Waals surface area contributed by atoms with Gasteiger partial charge in [-0.05, 0) is 38.5 Å². The Morgan fingerprint density at radius 3 is 2.38 bits per heavy atom. The molecule has 0 fully saturated rings. The molecular formula is C16H18O5. The van der Waals surface area contributed by atoms with Gasteiger partial charge in [0.25, 0.3) is 0 Å². The Bertz CT molecular complexity index is 607. The number of aliphatic carboxylic acids is 1. The van der Waals surface area contributed by atoms with E-state index in [1.54, 1.807) is 0 Å². The van der Waals surface area contributed by atoms with Crippen molar-refractivity contribution >= 4 is 11.8 Å². The average molecular weight is 290 g/mol. The van der Waals surface area contributed by atoms with Gasteiger partial charge in [0.15, 0.2) is 5.78 Å². The first-order valence-corrected chi connectivity index (χ1v) is 6.42. The Morgan fingerprint density at radius 1 is 1.14 bits per heavy atom. The molecule has 0 amide bonds. The zero-order chi connectivity index (χ0) is 16.0. The van der Waals surface area contributed by atoms with E-state index in [0.29, 0.717) is 6.42 Å². The molecule has 0 saturated carbocycles. The molecule has 1 aromatic rings. The summed E-state index contributed by atoms with van der Waals surface area (Å²) in [5.41, 5.74) is 0.914. The van der Waals surface area contributed by atoms with E-state index in [1.807, 2.05) is 19.9 Å². The van der Waals surface area contributed by atoms with Crippen molar-refractivity contribution in [2.24, 2.45) is 0 Å². The van der Waals surface area contributed by atoms with Crippen molar-refractivity contribution in [2.45, 2.75) is 26.7 Å². The van der Waals surface area contributed by atoms with Gasteiger partial charge in [-0.2, -0.15) is 0 Å². The molecule has 0 aliphatic rings. The third kappa shape index (κ3) is 5.14. The average Bonchev–Trinajstić information content (AvgIpc) is 2.39. The van der Waals surface area contributed by atoms with Crippen LogP contribution < -0.4 is 0 Å². The van der Waals surface area contributed by atoms with Crippen molar-refractivity contribution in [1.29, 1.82) is 0 Å². The molecule has 21 heavy (non-hydrogen) atoms. The van der Waals surface area contributed by atoms with Crippen LogP contribution in [0.25, 0.3) is 0 Å². The number of benzene rings is 1. The van der Waals surface area contributed by atoms with E-state index in [-0.39, 0.29) is 29.1 Å². The topological polar surface area (TPSA) is 94.8 Å². The van der Waals surface area contributed by atoms with Crippen LogP contribution in [0.2, 0.25) is 0 Å². The summed E-state index contributed by atoms with van der Waals surface area (Å²) >= 11 is 0. The lowest BCUT2D eigenvalue weighted by Crippen LogP contribution is -2.08. The summed E-state index contributed by atoms with van der Waals surface area (Å²) < 4.78 is 0. The lowest BCUT2D eigenvalue weighted by Gasteiger charge is -2.05. The number of allylic oxidation sites excluding steroid dienone is 3. The number of carboxylic acid groups (broad SMARTS) is 1. The van der Waals surface area contributed by atoms with Gasteiger partial charge in [0.05, 0.1) is 5.56 Å². The molecule has 0 atom stereocenters. The summed E-state index contributed by atoms with van der Waals surface area (Å²) in [5, 5.41) is 28.0. The molecular weight excluding hydrogens is 272 g/mol. The fourth-order valence-electron chi connectivity index (χ4n) is 1.69. The molecule has 0 aliphatic heterocycles. The highest BCUT2D eigenvalue weighted by atomic mass is 16.4. The second-order valence-electron chi connectivity index (χ2n) is 4.85. The molecule has 1 rings (SSSR count). The Labute approximate surface area is 122 Å². The van der Waals surface area contributed by atoms with Gasteiger partial charge in [0, 0.05) is 12.0 Å². The van der Waals surface area contributed by atoms with E-state index in [4.69, 9.17) is 5.11 Å². The van der Waals surface area contributed by atoms with E-state index >= 15 is 0 Å². The molecule has 3 N–H and O–H groups in total. The minimum absolute atomic E-state index is 0.0414. The minimum atomic E-state index is -1.18. The fraction of sp³-hybridized carbons (Fsp3) is 0.250. The molecule has 0 heterocycles. The predicted octanol–water partition coefficient (Wildman–Crippen LogP) is 3.04.